The van der Waals surface area contributed by atoms with Gasteiger partial charge in [-0.2, -0.15) is 0 Å². The Morgan fingerprint density at radius 2 is 2.00 bits per heavy atom. The van der Waals surface area contributed by atoms with Crippen LogP contribution in [0, 0.1) is 0 Å². The van der Waals surface area contributed by atoms with Crippen LogP contribution in [0.3, 0.4) is 0 Å². The summed E-state index contributed by atoms with van der Waals surface area (Å²) < 4.78 is 5.74. The van der Waals surface area contributed by atoms with Gasteiger partial charge in [0.15, 0.2) is 0 Å². The lowest BCUT2D eigenvalue weighted by atomic mass is 10.2. The van der Waals surface area contributed by atoms with Crippen LogP contribution in [0.15, 0.2) is 24.3 Å². The van der Waals surface area contributed by atoms with E-state index in [0.717, 1.165) is 24.4 Å². The zero-order valence-corrected chi connectivity index (χ0v) is 10.8. The van der Waals surface area contributed by atoms with Crippen LogP contribution < -0.4 is 5.32 Å². The number of halogens is 1. The van der Waals surface area contributed by atoms with Gasteiger partial charge in [-0.3, -0.25) is 0 Å². The van der Waals surface area contributed by atoms with E-state index in [0.29, 0.717) is 12.7 Å². The number of rotatable bonds is 7. The van der Waals surface area contributed by atoms with Gasteiger partial charge in [0, 0.05) is 5.02 Å². The summed E-state index contributed by atoms with van der Waals surface area (Å²) in [5.41, 5.74) is 1.17. The highest BCUT2D eigenvalue weighted by molar-refractivity contribution is 6.30. The van der Waals surface area contributed by atoms with Crippen LogP contribution in [0.4, 0.5) is 0 Å². The molecule has 0 radical (unpaired) electrons. The molecular formula is C13H20ClNO. The van der Waals surface area contributed by atoms with Crippen LogP contribution in [0.1, 0.15) is 25.3 Å². The fourth-order valence-electron chi connectivity index (χ4n) is 1.47. The molecule has 1 unspecified atom stereocenters. The monoisotopic (exact) mass is 241 g/mol. The maximum Gasteiger partial charge on any atom is 0.0720 e. The fraction of sp³-hybridized carbons (Fsp3) is 0.538. The molecule has 0 spiro atoms. The van der Waals surface area contributed by atoms with E-state index in [1.807, 2.05) is 31.3 Å². The second-order valence-electron chi connectivity index (χ2n) is 3.99. The number of benzene rings is 1. The maximum absolute atomic E-state index is 5.81. The highest BCUT2D eigenvalue weighted by atomic mass is 35.5. The molecule has 0 aliphatic heterocycles. The number of hydrogen-bond acceptors (Lipinski definition) is 2. The quantitative estimate of drug-likeness (QED) is 0.740. The highest BCUT2D eigenvalue weighted by Gasteiger charge is 2.02. The molecule has 1 atom stereocenters. The van der Waals surface area contributed by atoms with Gasteiger partial charge in [-0.25, -0.2) is 0 Å². The lowest BCUT2D eigenvalue weighted by Crippen LogP contribution is -2.13. The Labute approximate surface area is 103 Å². The molecule has 0 amide bonds. The van der Waals surface area contributed by atoms with E-state index < -0.39 is 0 Å². The largest absolute Gasteiger partial charge is 0.374 e. The normalized spacial score (nSPS) is 12.7. The Morgan fingerprint density at radius 3 is 2.62 bits per heavy atom. The van der Waals surface area contributed by atoms with Crippen LogP contribution in [-0.4, -0.2) is 19.7 Å². The zero-order valence-electron chi connectivity index (χ0n) is 10.0. The van der Waals surface area contributed by atoms with Crippen molar-refractivity contribution in [1.82, 2.24) is 5.32 Å². The van der Waals surface area contributed by atoms with E-state index in [1.54, 1.807) is 0 Å². The summed E-state index contributed by atoms with van der Waals surface area (Å²) in [7, 11) is 1.97. The van der Waals surface area contributed by atoms with E-state index in [4.69, 9.17) is 16.3 Å². The summed E-state index contributed by atoms with van der Waals surface area (Å²) in [6, 6.07) is 7.79. The topological polar surface area (TPSA) is 21.3 Å². The summed E-state index contributed by atoms with van der Waals surface area (Å²) in [6.45, 7) is 3.83. The molecule has 1 N–H and O–H groups in total. The third-order valence-corrected chi connectivity index (χ3v) is 2.74. The first-order chi connectivity index (χ1) is 7.72. The summed E-state index contributed by atoms with van der Waals surface area (Å²) in [4.78, 5) is 0. The van der Waals surface area contributed by atoms with Crippen molar-refractivity contribution >= 4 is 11.6 Å². The molecule has 0 aromatic heterocycles. The van der Waals surface area contributed by atoms with Crippen molar-refractivity contribution in [3.8, 4) is 0 Å². The molecule has 0 bridgehead atoms. The van der Waals surface area contributed by atoms with E-state index in [1.165, 1.54) is 5.56 Å². The van der Waals surface area contributed by atoms with E-state index in [-0.39, 0.29) is 0 Å². The highest BCUT2D eigenvalue weighted by Crippen LogP contribution is 2.11. The van der Waals surface area contributed by atoms with Crippen molar-refractivity contribution in [2.24, 2.45) is 0 Å². The van der Waals surface area contributed by atoms with Crippen molar-refractivity contribution in [3.63, 3.8) is 0 Å². The minimum absolute atomic E-state index is 0.309. The Kier molecular flexibility index (Phi) is 6.46. The van der Waals surface area contributed by atoms with Crippen molar-refractivity contribution in [3.05, 3.63) is 34.9 Å². The van der Waals surface area contributed by atoms with Crippen LogP contribution in [0.2, 0.25) is 5.02 Å². The predicted octanol–water partition coefficient (Wildman–Crippen LogP) is 3.24. The molecule has 16 heavy (non-hydrogen) atoms. The molecule has 1 aromatic carbocycles. The van der Waals surface area contributed by atoms with Crippen LogP contribution in [0.5, 0.6) is 0 Å². The van der Waals surface area contributed by atoms with Crippen LogP contribution in [-0.2, 0) is 11.3 Å². The Bertz CT molecular complexity index is 286. The summed E-state index contributed by atoms with van der Waals surface area (Å²) in [5.74, 6) is 0. The van der Waals surface area contributed by atoms with Gasteiger partial charge in [-0.15, -0.1) is 0 Å². The molecule has 0 aliphatic carbocycles. The molecule has 1 rings (SSSR count). The number of ether oxygens (including phenoxy) is 1. The molecule has 1 aromatic rings. The lowest BCUT2D eigenvalue weighted by Gasteiger charge is -2.12. The second kappa shape index (κ2) is 7.66. The smallest absolute Gasteiger partial charge is 0.0720 e. The molecule has 90 valence electrons. The van der Waals surface area contributed by atoms with Crippen molar-refractivity contribution in [2.75, 3.05) is 13.6 Å². The fourth-order valence-corrected chi connectivity index (χ4v) is 1.59. The van der Waals surface area contributed by atoms with Gasteiger partial charge in [0.2, 0.25) is 0 Å². The molecule has 3 heteroatoms. The first kappa shape index (κ1) is 13.5. The summed E-state index contributed by atoms with van der Waals surface area (Å²) in [6.07, 6.45) is 2.55. The van der Waals surface area contributed by atoms with E-state index in [2.05, 4.69) is 12.2 Å². The Balaban J connectivity index is 2.20. The van der Waals surface area contributed by atoms with Gasteiger partial charge in [0.05, 0.1) is 12.7 Å². The van der Waals surface area contributed by atoms with Gasteiger partial charge in [0.1, 0.15) is 0 Å². The Morgan fingerprint density at radius 1 is 1.31 bits per heavy atom. The molecular weight excluding hydrogens is 222 g/mol. The standard InChI is InChI=1S/C13H20ClNO/c1-11(4-3-9-15-2)16-10-12-5-7-13(14)8-6-12/h5-8,11,15H,3-4,9-10H2,1-2H3. The van der Waals surface area contributed by atoms with Crippen molar-refractivity contribution in [1.29, 1.82) is 0 Å². The van der Waals surface area contributed by atoms with Crippen LogP contribution >= 0.6 is 11.6 Å². The first-order valence-electron chi connectivity index (χ1n) is 5.73. The van der Waals surface area contributed by atoms with Gasteiger partial charge >= 0.3 is 0 Å². The molecule has 0 heterocycles. The minimum atomic E-state index is 0.309. The third kappa shape index (κ3) is 5.50. The third-order valence-electron chi connectivity index (χ3n) is 2.49. The van der Waals surface area contributed by atoms with Crippen molar-refractivity contribution < 1.29 is 4.74 Å². The van der Waals surface area contributed by atoms with E-state index in [9.17, 15) is 0 Å². The van der Waals surface area contributed by atoms with Crippen LogP contribution in [0.25, 0.3) is 0 Å². The lowest BCUT2D eigenvalue weighted by molar-refractivity contribution is 0.0464. The molecule has 0 saturated heterocycles. The van der Waals surface area contributed by atoms with Crippen molar-refractivity contribution in [2.45, 2.75) is 32.5 Å². The summed E-state index contributed by atoms with van der Waals surface area (Å²) >= 11 is 5.81. The van der Waals surface area contributed by atoms with Gasteiger partial charge in [-0.05, 0) is 51.1 Å². The molecule has 2 nitrogen and oxygen atoms in total. The van der Waals surface area contributed by atoms with Gasteiger partial charge < -0.3 is 10.1 Å². The molecule has 0 saturated carbocycles. The summed E-state index contributed by atoms with van der Waals surface area (Å²) in [5, 5.41) is 3.90. The average molecular weight is 242 g/mol. The zero-order chi connectivity index (χ0) is 11.8. The Hall–Kier alpha value is -0.570. The van der Waals surface area contributed by atoms with E-state index >= 15 is 0 Å². The SMILES string of the molecule is CNCCCC(C)OCc1ccc(Cl)cc1. The average Bonchev–Trinajstić information content (AvgIpc) is 2.29. The predicted molar refractivity (Wildman–Crippen MR) is 68.9 cm³/mol. The first-order valence-corrected chi connectivity index (χ1v) is 6.11. The second-order valence-corrected chi connectivity index (χ2v) is 4.43. The maximum atomic E-state index is 5.81. The van der Waals surface area contributed by atoms with Gasteiger partial charge in [-0.1, -0.05) is 23.7 Å². The molecule has 0 fully saturated rings. The molecule has 0 aliphatic rings. The minimum Gasteiger partial charge on any atom is -0.374 e. The van der Waals surface area contributed by atoms with Gasteiger partial charge in [0.25, 0.3) is 0 Å². The number of nitrogens with one attached hydrogen (secondary N) is 1. The number of hydrogen-bond donors (Lipinski definition) is 1.